The van der Waals surface area contributed by atoms with Crippen molar-refractivity contribution >= 4 is 0 Å². The third kappa shape index (κ3) is 3.83. The van der Waals surface area contributed by atoms with Crippen molar-refractivity contribution in [1.82, 2.24) is 5.32 Å². The lowest BCUT2D eigenvalue weighted by Crippen LogP contribution is -2.32. The van der Waals surface area contributed by atoms with Crippen molar-refractivity contribution in [3.05, 3.63) is 35.4 Å². The van der Waals surface area contributed by atoms with E-state index in [1.165, 1.54) is 6.07 Å². The zero-order valence-corrected chi connectivity index (χ0v) is 9.01. The van der Waals surface area contributed by atoms with Crippen LogP contribution in [0.4, 0.5) is 13.2 Å². The van der Waals surface area contributed by atoms with Crippen molar-refractivity contribution in [3.8, 4) is 0 Å². The van der Waals surface area contributed by atoms with Crippen LogP contribution in [0.2, 0.25) is 0 Å². The Kier molecular flexibility index (Phi) is 4.32. The smallest absolute Gasteiger partial charge is 0.329 e. The van der Waals surface area contributed by atoms with Gasteiger partial charge in [0.2, 0.25) is 0 Å². The highest BCUT2D eigenvalue weighted by molar-refractivity contribution is 5.25. The van der Waals surface area contributed by atoms with Crippen LogP contribution in [-0.4, -0.2) is 12.6 Å². The standard InChI is InChI=1S/C11H15F3N2/c1-8(6-15)16-7-9-3-2-4-10(5-9)11(12,13)14/h2-5,8,16H,6-7,15H2,1H3/t8-/m1/s1. The molecule has 0 heterocycles. The molecule has 0 fully saturated rings. The molecule has 0 spiro atoms. The molecule has 16 heavy (non-hydrogen) atoms. The minimum absolute atomic E-state index is 0.0922. The third-order valence-electron chi connectivity index (χ3n) is 2.26. The lowest BCUT2D eigenvalue weighted by atomic mass is 10.1. The van der Waals surface area contributed by atoms with Gasteiger partial charge in [0.15, 0.2) is 0 Å². The Hall–Kier alpha value is -1.07. The minimum atomic E-state index is -4.28. The minimum Gasteiger partial charge on any atom is -0.329 e. The summed E-state index contributed by atoms with van der Waals surface area (Å²) in [7, 11) is 0. The molecule has 3 N–H and O–H groups in total. The summed E-state index contributed by atoms with van der Waals surface area (Å²) in [5.74, 6) is 0. The molecular weight excluding hydrogens is 217 g/mol. The summed E-state index contributed by atoms with van der Waals surface area (Å²) in [6.07, 6.45) is -4.28. The van der Waals surface area contributed by atoms with Crippen LogP contribution < -0.4 is 11.1 Å². The molecule has 0 aliphatic heterocycles. The van der Waals surface area contributed by atoms with Gasteiger partial charge in [-0.15, -0.1) is 0 Å². The highest BCUT2D eigenvalue weighted by Gasteiger charge is 2.30. The van der Waals surface area contributed by atoms with Crippen LogP contribution in [0, 0.1) is 0 Å². The first-order valence-corrected chi connectivity index (χ1v) is 5.03. The molecule has 2 nitrogen and oxygen atoms in total. The highest BCUT2D eigenvalue weighted by atomic mass is 19.4. The SMILES string of the molecule is C[C@H](CN)NCc1cccc(C(F)(F)F)c1. The predicted molar refractivity (Wildman–Crippen MR) is 56.8 cm³/mol. The molecule has 0 radical (unpaired) electrons. The van der Waals surface area contributed by atoms with Crippen molar-refractivity contribution in [1.29, 1.82) is 0 Å². The van der Waals surface area contributed by atoms with Crippen molar-refractivity contribution in [2.24, 2.45) is 5.73 Å². The van der Waals surface area contributed by atoms with E-state index in [-0.39, 0.29) is 6.04 Å². The highest BCUT2D eigenvalue weighted by Crippen LogP contribution is 2.29. The summed E-state index contributed by atoms with van der Waals surface area (Å²) in [5.41, 5.74) is 5.38. The first-order valence-electron chi connectivity index (χ1n) is 5.03. The molecule has 0 saturated heterocycles. The maximum atomic E-state index is 12.4. The van der Waals surface area contributed by atoms with Crippen LogP contribution in [-0.2, 0) is 12.7 Å². The number of alkyl halides is 3. The molecule has 1 aromatic carbocycles. The van der Waals surface area contributed by atoms with Crippen LogP contribution in [0.5, 0.6) is 0 Å². The van der Waals surface area contributed by atoms with Crippen molar-refractivity contribution in [3.63, 3.8) is 0 Å². The molecule has 0 aromatic heterocycles. The van der Waals surface area contributed by atoms with E-state index in [0.717, 1.165) is 12.1 Å². The van der Waals surface area contributed by atoms with Gasteiger partial charge in [0.05, 0.1) is 5.56 Å². The van der Waals surface area contributed by atoms with E-state index < -0.39 is 11.7 Å². The molecule has 0 unspecified atom stereocenters. The Morgan fingerprint density at radius 3 is 2.62 bits per heavy atom. The average molecular weight is 232 g/mol. The van der Waals surface area contributed by atoms with Crippen molar-refractivity contribution in [2.45, 2.75) is 25.7 Å². The molecule has 1 rings (SSSR count). The number of nitrogens with two attached hydrogens (primary N) is 1. The Balaban J connectivity index is 2.68. The number of hydrogen-bond donors (Lipinski definition) is 2. The van der Waals surface area contributed by atoms with E-state index in [2.05, 4.69) is 5.32 Å². The van der Waals surface area contributed by atoms with Gasteiger partial charge < -0.3 is 11.1 Å². The van der Waals surface area contributed by atoms with Crippen LogP contribution >= 0.6 is 0 Å². The largest absolute Gasteiger partial charge is 0.416 e. The summed E-state index contributed by atoms with van der Waals surface area (Å²) in [4.78, 5) is 0. The second-order valence-corrected chi connectivity index (χ2v) is 3.72. The molecule has 0 aliphatic carbocycles. The fourth-order valence-electron chi connectivity index (χ4n) is 1.23. The normalized spacial score (nSPS) is 13.8. The van der Waals surface area contributed by atoms with Gasteiger partial charge in [0, 0.05) is 19.1 Å². The van der Waals surface area contributed by atoms with E-state index in [1.54, 1.807) is 6.07 Å². The first kappa shape index (κ1) is 13.0. The van der Waals surface area contributed by atoms with Crippen LogP contribution in [0.3, 0.4) is 0 Å². The molecule has 1 aromatic rings. The number of nitrogens with one attached hydrogen (secondary N) is 1. The Bertz CT molecular complexity index is 336. The molecule has 0 aliphatic rings. The monoisotopic (exact) mass is 232 g/mol. The zero-order chi connectivity index (χ0) is 12.2. The molecule has 90 valence electrons. The Labute approximate surface area is 92.6 Å². The van der Waals surface area contributed by atoms with Gasteiger partial charge in [-0.3, -0.25) is 0 Å². The van der Waals surface area contributed by atoms with Gasteiger partial charge in [-0.2, -0.15) is 13.2 Å². The van der Waals surface area contributed by atoms with Gasteiger partial charge in [0.25, 0.3) is 0 Å². The van der Waals surface area contributed by atoms with Crippen LogP contribution in [0.25, 0.3) is 0 Å². The average Bonchev–Trinajstić information content (AvgIpc) is 2.25. The molecule has 0 amide bonds. The fourth-order valence-corrected chi connectivity index (χ4v) is 1.23. The van der Waals surface area contributed by atoms with Gasteiger partial charge in [-0.25, -0.2) is 0 Å². The van der Waals surface area contributed by atoms with E-state index in [0.29, 0.717) is 18.7 Å². The molecular formula is C11H15F3N2. The first-order chi connectivity index (χ1) is 7.43. The van der Waals surface area contributed by atoms with E-state index in [9.17, 15) is 13.2 Å². The Morgan fingerprint density at radius 1 is 1.38 bits per heavy atom. The van der Waals surface area contributed by atoms with Gasteiger partial charge in [-0.1, -0.05) is 18.2 Å². The van der Waals surface area contributed by atoms with Gasteiger partial charge >= 0.3 is 6.18 Å². The molecule has 5 heteroatoms. The topological polar surface area (TPSA) is 38.0 Å². The van der Waals surface area contributed by atoms with E-state index in [1.807, 2.05) is 6.92 Å². The lowest BCUT2D eigenvalue weighted by molar-refractivity contribution is -0.137. The zero-order valence-electron chi connectivity index (χ0n) is 9.01. The number of rotatable bonds is 4. The second kappa shape index (κ2) is 5.32. The van der Waals surface area contributed by atoms with Crippen LogP contribution in [0.15, 0.2) is 24.3 Å². The number of hydrogen-bond acceptors (Lipinski definition) is 2. The van der Waals surface area contributed by atoms with E-state index in [4.69, 9.17) is 5.73 Å². The quantitative estimate of drug-likeness (QED) is 0.834. The number of benzene rings is 1. The Morgan fingerprint density at radius 2 is 2.06 bits per heavy atom. The third-order valence-corrected chi connectivity index (χ3v) is 2.26. The fraction of sp³-hybridized carbons (Fsp3) is 0.455. The van der Waals surface area contributed by atoms with Crippen molar-refractivity contribution in [2.75, 3.05) is 6.54 Å². The predicted octanol–water partition coefficient (Wildman–Crippen LogP) is 2.14. The maximum absolute atomic E-state index is 12.4. The second-order valence-electron chi connectivity index (χ2n) is 3.72. The summed E-state index contributed by atoms with van der Waals surface area (Å²) < 4.78 is 37.2. The number of halogens is 3. The summed E-state index contributed by atoms with van der Waals surface area (Å²) in [6, 6.07) is 5.37. The summed E-state index contributed by atoms with van der Waals surface area (Å²) >= 11 is 0. The van der Waals surface area contributed by atoms with E-state index >= 15 is 0 Å². The molecule has 1 atom stereocenters. The molecule has 0 saturated carbocycles. The van der Waals surface area contributed by atoms with Gasteiger partial charge in [0.1, 0.15) is 0 Å². The summed E-state index contributed by atoms with van der Waals surface area (Å²) in [6.45, 7) is 2.73. The van der Waals surface area contributed by atoms with Gasteiger partial charge in [-0.05, 0) is 18.6 Å². The lowest BCUT2D eigenvalue weighted by Gasteiger charge is -2.12. The summed E-state index contributed by atoms with van der Waals surface area (Å²) in [5, 5.41) is 3.03. The maximum Gasteiger partial charge on any atom is 0.416 e. The van der Waals surface area contributed by atoms with Crippen molar-refractivity contribution < 1.29 is 13.2 Å². The molecule has 0 bridgehead atoms. The van der Waals surface area contributed by atoms with Crippen LogP contribution in [0.1, 0.15) is 18.1 Å².